The molecule has 0 aliphatic carbocycles. The van der Waals surface area contributed by atoms with E-state index in [4.69, 9.17) is 4.74 Å². The maximum absolute atomic E-state index is 13.8. The zero-order valence-electron chi connectivity index (χ0n) is 12.3. The van der Waals surface area contributed by atoms with Gasteiger partial charge in [-0.05, 0) is 32.9 Å². The van der Waals surface area contributed by atoms with E-state index >= 15 is 0 Å². The Morgan fingerprint density at radius 2 is 2.05 bits per heavy atom. The third kappa shape index (κ3) is 3.95. The number of nitrogens with zero attached hydrogens (tertiary/aromatic N) is 1. The zero-order chi connectivity index (χ0) is 15.1. The summed E-state index contributed by atoms with van der Waals surface area (Å²) in [5.41, 5.74) is 0.508. The molecule has 0 unspecified atom stereocenters. The lowest BCUT2D eigenvalue weighted by Gasteiger charge is -2.26. The monoisotopic (exact) mass is 277 g/mol. The van der Waals surface area contributed by atoms with Gasteiger partial charge in [-0.25, -0.2) is 4.39 Å². The molecule has 3 nitrogen and oxygen atoms in total. The topological polar surface area (TPSA) is 29.5 Å². The van der Waals surface area contributed by atoms with Crippen LogP contribution in [0.4, 0.5) is 10.1 Å². The third-order valence-corrected chi connectivity index (χ3v) is 2.71. The number of anilines is 1. The molecular formula is C16H20FNO2. The first-order valence-electron chi connectivity index (χ1n) is 6.47. The van der Waals surface area contributed by atoms with E-state index in [1.54, 1.807) is 18.2 Å². The molecule has 0 bridgehead atoms. The molecule has 0 aliphatic heterocycles. The molecule has 1 amide bonds. The molecule has 0 saturated carbocycles. The van der Waals surface area contributed by atoms with Gasteiger partial charge in [-0.2, -0.15) is 0 Å². The molecule has 108 valence electrons. The second kappa shape index (κ2) is 7.48. The van der Waals surface area contributed by atoms with E-state index in [1.807, 2.05) is 26.8 Å². The molecule has 1 aromatic carbocycles. The Morgan fingerprint density at radius 1 is 1.35 bits per heavy atom. The normalized spacial score (nSPS) is 11.5. The molecule has 0 radical (unpaired) electrons. The molecule has 4 heteroatoms. The summed E-state index contributed by atoms with van der Waals surface area (Å²) in [6.45, 7) is 5.63. The Morgan fingerprint density at radius 3 is 2.55 bits per heavy atom. The maximum atomic E-state index is 13.8. The number of carbonyl (C=O) groups excluding carboxylic acids is 1. The summed E-state index contributed by atoms with van der Waals surface area (Å²) >= 11 is 0. The molecule has 0 N–H and O–H groups in total. The highest BCUT2D eigenvalue weighted by molar-refractivity contribution is 6.02. The molecule has 1 rings (SSSR count). The van der Waals surface area contributed by atoms with Crippen LogP contribution < -0.4 is 9.64 Å². The summed E-state index contributed by atoms with van der Waals surface area (Å²) in [7, 11) is 1.41. The Kier molecular flexibility index (Phi) is 5.97. The molecule has 0 atom stereocenters. The molecule has 0 fully saturated rings. The van der Waals surface area contributed by atoms with Crippen molar-refractivity contribution >= 4 is 11.6 Å². The number of benzene rings is 1. The summed E-state index contributed by atoms with van der Waals surface area (Å²) in [6.07, 6.45) is 6.72. The van der Waals surface area contributed by atoms with Gasteiger partial charge in [0.1, 0.15) is 0 Å². The number of ether oxygens (including phenoxy) is 1. The minimum absolute atomic E-state index is 0.0782. The van der Waals surface area contributed by atoms with Crippen LogP contribution in [0.5, 0.6) is 5.75 Å². The summed E-state index contributed by atoms with van der Waals surface area (Å²) in [5, 5.41) is 0. The lowest BCUT2D eigenvalue weighted by Crippen LogP contribution is -2.35. The van der Waals surface area contributed by atoms with Crippen LogP contribution in [-0.4, -0.2) is 19.1 Å². The van der Waals surface area contributed by atoms with Crippen LogP contribution in [0, 0.1) is 5.82 Å². The van der Waals surface area contributed by atoms with Crippen molar-refractivity contribution in [2.45, 2.75) is 26.8 Å². The van der Waals surface area contributed by atoms with E-state index in [2.05, 4.69) is 0 Å². The number of allylic oxidation sites excluding steroid dienone is 3. The van der Waals surface area contributed by atoms with Gasteiger partial charge in [0.05, 0.1) is 7.11 Å². The Bertz CT molecular complexity index is 521. The standard InChI is InChI=1S/C16H20FNO2/c1-5-6-7-8-16(19)18(12(2)3)13-9-10-15(20-4)14(17)11-13/h5-12H,1-4H3. The summed E-state index contributed by atoms with van der Waals surface area (Å²) in [6, 6.07) is 4.41. The van der Waals surface area contributed by atoms with Crippen molar-refractivity contribution in [3.8, 4) is 5.75 Å². The van der Waals surface area contributed by atoms with E-state index in [0.717, 1.165) is 0 Å². The predicted octanol–water partition coefficient (Wildman–Crippen LogP) is 3.71. The van der Waals surface area contributed by atoms with E-state index in [0.29, 0.717) is 5.69 Å². The van der Waals surface area contributed by atoms with Crippen molar-refractivity contribution in [1.29, 1.82) is 0 Å². The smallest absolute Gasteiger partial charge is 0.251 e. The Hall–Kier alpha value is -2.10. The predicted molar refractivity (Wildman–Crippen MR) is 79.5 cm³/mol. The fourth-order valence-electron chi connectivity index (χ4n) is 1.81. The quantitative estimate of drug-likeness (QED) is 0.606. The van der Waals surface area contributed by atoms with Gasteiger partial charge in [0.2, 0.25) is 0 Å². The fourth-order valence-corrected chi connectivity index (χ4v) is 1.81. The van der Waals surface area contributed by atoms with Crippen LogP contribution in [-0.2, 0) is 4.79 Å². The van der Waals surface area contributed by atoms with Gasteiger partial charge < -0.3 is 9.64 Å². The highest BCUT2D eigenvalue weighted by Crippen LogP contribution is 2.25. The first kappa shape index (κ1) is 16.0. The van der Waals surface area contributed by atoms with Crippen molar-refractivity contribution in [2.75, 3.05) is 12.0 Å². The molecular weight excluding hydrogens is 257 g/mol. The van der Waals surface area contributed by atoms with Crippen molar-refractivity contribution in [3.05, 3.63) is 48.3 Å². The number of rotatable bonds is 5. The molecule has 1 aromatic rings. The van der Waals surface area contributed by atoms with Crippen molar-refractivity contribution in [1.82, 2.24) is 0 Å². The summed E-state index contributed by atoms with van der Waals surface area (Å²) in [5.74, 6) is -0.516. The lowest BCUT2D eigenvalue weighted by atomic mass is 10.2. The minimum Gasteiger partial charge on any atom is -0.494 e. The van der Waals surface area contributed by atoms with Crippen LogP contribution in [0.2, 0.25) is 0 Å². The van der Waals surface area contributed by atoms with Gasteiger partial charge in [0.25, 0.3) is 5.91 Å². The van der Waals surface area contributed by atoms with Crippen LogP contribution in [0.25, 0.3) is 0 Å². The highest BCUT2D eigenvalue weighted by atomic mass is 19.1. The SMILES string of the molecule is CC=CC=CC(=O)N(c1ccc(OC)c(F)c1)C(C)C. The second-order valence-electron chi connectivity index (χ2n) is 4.51. The van der Waals surface area contributed by atoms with E-state index in [-0.39, 0.29) is 17.7 Å². The number of amides is 1. The number of halogens is 1. The highest BCUT2D eigenvalue weighted by Gasteiger charge is 2.18. The van der Waals surface area contributed by atoms with Gasteiger partial charge in [-0.1, -0.05) is 18.2 Å². The van der Waals surface area contributed by atoms with Gasteiger partial charge in [-0.15, -0.1) is 0 Å². The van der Waals surface area contributed by atoms with Crippen LogP contribution in [0.3, 0.4) is 0 Å². The number of carbonyl (C=O) groups is 1. The van der Waals surface area contributed by atoms with Crippen LogP contribution in [0.15, 0.2) is 42.5 Å². The minimum atomic E-state index is -0.485. The molecule has 20 heavy (non-hydrogen) atoms. The van der Waals surface area contributed by atoms with E-state index in [9.17, 15) is 9.18 Å². The number of methoxy groups -OCH3 is 1. The largest absolute Gasteiger partial charge is 0.494 e. The molecule has 0 aromatic heterocycles. The average molecular weight is 277 g/mol. The fraction of sp³-hybridized carbons (Fsp3) is 0.312. The number of hydrogen-bond acceptors (Lipinski definition) is 2. The third-order valence-electron chi connectivity index (χ3n) is 2.71. The summed E-state index contributed by atoms with van der Waals surface area (Å²) in [4.78, 5) is 13.7. The first-order valence-corrected chi connectivity index (χ1v) is 6.47. The average Bonchev–Trinajstić information content (AvgIpc) is 2.39. The van der Waals surface area contributed by atoms with Gasteiger partial charge in [0, 0.05) is 23.9 Å². The van der Waals surface area contributed by atoms with Crippen LogP contribution in [0.1, 0.15) is 20.8 Å². The molecule has 0 aliphatic rings. The first-order chi connectivity index (χ1) is 9.51. The molecule has 0 heterocycles. The zero-order valence-corrected chi connectivity index (χ0v) is 12.3. The van der Waals surface area contributed by atoms with Crippen molar-refractivity contribution < 1.29 is 13.9 Å². The van der Waals surface area contributed by atoms with E-state index in [1.165, 1.54) is 30.2 Å². The maximum Gasteiger partial charge on any atom is 0.251 e. The van der Waals surface area contributed by atoms with Crippen molar-refractivity contribution in [3.63, 3.8) is 0 Å². The lowest BCUT2D eigenvalue weighted by molar-refractivity contribution is -0.114. The summed E-state index contributed by atoms with van der Waals surface area (Å²) < 4.78 is 18.6. The van der Waals surface area contributed by atoms with Gasteiger partial charge in [-0.3, -0.25) is 4.79 Å². The van der Waals surface area contributed by atoms with Gasteiger partial charge in [0.15, 0.2) is 11.6 Å². The second-order valence-corrected chi connectivity index (χ2v) is 4.51. The number of hydrogen-bond donors (Lipinski definition) is 0. The van der Waals surface area contributed by atoms with Gasteiger partial charge >= 0.3 is 0 Å². The van der Waals surface area contributed by atoms with Crippen LogP contribution >= 0.6 is 0 Å². The van der Waals surface area contributed by atoms with E-state index < -0.39 is 5.82 Å². The molecule has 0 saturated heterocycles. The Labute approximate surface area is 119 Å². The Balaban J connectivity index is 3.08. The molecule has 0 spiro atoms. The van der Waals surface area contributed by atoms with Crippen molar-refractivity contribution in [2.24, 2.45) is 0 Å².